The van der Waals surface area contributed by atoms with Gasteiger partial charge in [0, 0.05) is 0 Å². The molecule has 3 aromatic rings. The molecule has 0 radical (unpaired) electrons. The molecule has 0 N–H and O–H groups in total. The lowest BCUT2D eigenvalue weighted by Crippen LogP contribution is -2.18. The standard InChI is InChI=1S/C22H20O3/c1-17-12-14-20(15-13-17)25-21(23)16-24-22(18-8-4-2-5-9-18)19-10-6-3-7-11-19/h2-15,22H,16H2,1H3. The van der Waals surface area contributed by atoms with Gasteiger partial charge in [0.15, 0.2) is 0 Å². The fraction of sp³-hybridized carbons (Fsp3) is 0.136. The van der Waals surface area contributed by atoms with E-state index in [1.54, 1.807) is 12.1 Å². The van der Waals surface area contributed by atoms with E-state index in [1.807, 2.05) is 79.7 Å². The molecule has 3 rings (SSSR count). The quantitative estimate of drug-likeness (QED) is 0.484. The highest BCUT2D eigenvalue weighted by Gasteiger charge is 2.17. The molecule has 0 aliphatic heterocycles. The van der Waals surface area contributed by atoms with Crippen LogP contribution in [0.5, 0.6) is 5.75 Å². The predicted molar refractivity (Wildman–Crippen MR) is 97.5 cm³/mol. The first kappa shape index (κ1) is 16.9. The lowest BCUT2D eigenvalue weighted by atomic mass is 10.0. The van der Waals surface area contributed by atoms with Crippen LogP contribution in [0.15, 0.2) is 84.9 Å². The van der Waals surface area contributed by atoms with Crippen molar-refractivity contribution >= 4 is 5.97 Å². The minimum atomic E-state index is -0.416. The first-order valence-corrected chi connectivity index (χ1v) is 8.21. The largest absolute Gasteiger partial charge is 0.425 e. The predicted octanol–water partition coefficient (Wildman–Crippen LogP) is 4.71. The minimum Gasteiger partial charge on any atom is -0.425 e. The minimum absolute atomic E-state index is 0.123. The number of aryl methyl sites for hydroxylation is 1. The lowest BCUT2D eigenvalue weighted by molar-refractivity contribution is -0.140. The van der Waals surface area contributed by atoms with E-state index in [2.05, 4.69) is 0 Å². The smallest absolute Gasteiger partial charge is 0.337 e. The molecule has 0 atom stereocenters. The summed E-state index contributed by atoms with van der Waals surface area (Å²) in [7, 11) is 0. The van der Waals surface area contributed by atoms with Crippen molar-refractivity contribution in [3.8, 4) is 5.75 Å². The average molecular weight is 332 g/mol. The van der Waals surface area contributed by atoms with Gasteiger partial charge in [0.25, 0.3) is 0 Å². The third-order valence-electron chi connectivity index (χ3n) is 3.83. The molecule has 0 aliphatic carbocycles. The van der Waals surface area contributed by atoms with Crippen molar-refractivity contribution in [2.45, 2.75) is 13.0 Å². The van der Waals surface area contributed by atoms with Gasteiger partial charge >= 0.3 is 5.97 Å². The molecule has 126 valence electrons. The number of esters is 1. The molecule has 25 heavy (non-hydrogen) atoms. The van der Waals surface area contributed by atoms with Crippen molar-refractivity contribution < 1.29 is 14.3 Å². The van der Waals surface area contributed by atoms with Crippen molar-refractivity contribution in [2.75, 3.05) is 6.61 Å². The fourth-order valence-corrected chi connectivity index (χ4v) is 2.56. The third kappa shape index (κ3) is 4.78. The summed E-state index contributed by atoms with van der Waals surface area (Å²) in [4.78, 5) is 12.1. The van der Waals surface area contributed by atoms with Gasteiger partial charge < -0.3 is 9.47 Å². The van der Waals surface area contributed by atoms with E-state index >= 15 is 0 Å². The Morgan fingerprint density at radius 3 is 1.84 bits per heavy atom. The summed E-state index contributed by atoms with van der Waals surface area (Å²) in [5.74, 6) is 0.107. The summed E-state index contributed by atoms with van der Waals surface area (Å²) in [5, 5.41) is 0. The van der Waals surface area contributed by atoms with Gasteiger partial charge in [0.2, 0.25) is 0 Å². The number of hydrogen-bond donors (Lipinski definition) is 0. The third-order valence-corrected chi connectivity index (χ3v) is 3.83. The van der Waals surface area contributed by atoms with E-state index in [0.717, 1.165) is 16.7 Å². The average Bonchev–Trinajstić information content (AvgIpc) is 2.66. The molecule has 0 fully saturated rings. The number of hydrogen-bond acceptors (Lipinski definition) is 3. The molecule has 0 aromatic heterocycles. The molecule has 3 heteroatoms. The van der Waals surface area contributed by atoms with Crippen molar-refractivity contribution in [3.63, 3.8) is 0 Å². The molecule has 3 aromatic carbocycles. The number of rotatable bonds is 6. The molecular weight excluding hydrogens is 312 g/mol. The maximum absolute atomic E-state index is 12.1. The molecule has 0 bridgehead atoms. The van der Waals surface area contributed by atoms with Crippen LogP contribution in [-0.2, 0) is 9.53 Å². The van der Waals surface area contributed by atoms with Crippen molar-refractivity contribution in [1.82, 2.24) is 0 Å². The summed E-state index contributed by atoms with van der Waals surface area (Å²) in [6, 6.07) is 27.1. The molecular formula is C22H20O3. The van der Waals surface area contributed by atoms with Gasteiger partial charge in [-0.15, -0.1) is 0 Å². The van der Waals surface area contributed by atoms with Crippen LogP contribution in [0.1, 0.15) is 22.8 Å². The van der Waals surface area contributed by atoms with E-state index in [9.17, 15) is 4.79 Å². The molecule has 0 saturated carbocycles. The summed E-state index contributed by atoms with van der Waals surface area (Å²) >= 11 is 0. The highest BCUT2D eigenvalue weighted by molar-refractivity contribution is 5.73. The Morgan fingerprint density at radius 2 is 1.32 bits per heavy atom. The number of carbonyl (C=O) groups excluding carboxylic acids is 1. The molecule has 0 aliphatic rings. The van der Waals surface area contributed by atoms with Crippen LogP contribution in [0.3, 0.4) is 0 Å². The SMILES string of the molecule is Cc1ccc(OC(=O)COC(c2ccccc2)c2ccccc2)cc1. The van der Waals surface area contributed by atoms with Crippen LogP contribution < -0.4 is 4.74 Å². The highest BCUT2D eigenvalue weighted by atomic mass is 16.6. The van der Waals surface area contributed by atoms with E-state index in [4.69, 9.17) is 9.47 Å². The second-order valence-corrected chi connectivity index (χ2v) is 5.80. The van der Waals surface area contributed by atoms with Crippen LogP contribution in [0, 0.1) is 6.92 Å². The summed E-state index contributed by atoms with van der Waals surface area (Å²) in [5.41, 5.74) is 3.11. The number of ether oxygens (including phenoxy) is 2. The fourth-order valence-electron chi connectivity index (χ4n) is 2.56. The van der Waals surface area contributed by atoms with Gasteiger partial charge in [0.1, 0.15) is 18.5 Å². The van der Waals surface area contributed by atoms with Gasteiger partial charge in [-0.25, -0.2) is 4.79 Å². The molecule has 0 saturated heterocycles. The van der Waals surface area contributed by atoms with Gasteiger partial charge in [-0.05, 0) is 30.2 Å². The molecule has 0 spiro atoms. The highest BCUT2D eigenvalue weighted by Crippen LogP contribution is 2.25. The number of carbonyl (C=O) groups is 1. The lowest BCUT2D eigenvalue weighted by Gasteiger charge is -2.18. The van der Waals surface area contributed by atoms with Gasteiger partial charge in [0.05, 0.1) is 0 Å². The van der Waals surface area contributed by atoms with Crippen LogP contribution in [-0.4, -0.2) is 12.6 Å². The zero-order chi connectivity index (χ0) is 17.5. The second kappa shape index (κ2) is 8.27. The number of benzene rings is 3. The summed E-state index contributed by atoms with van der Waals surface area (Å²) in [6.07, 6.45) is -0.312. The molecule has 0 heterocycles. The first-order chi connectivity index (χ1) is 12.2. The van der Waals surface area contributed by atoms with Crippen LogP contribution in [0.25, 0.3) is 0 Å². The van der Waals surface area contributed by atoms with E-state index in [1.165, 1.54) is 0 Å². The van der Waals surface area contributed by atoms with E-state index < -0.39 is 5.97 Å². The Balaban J connectivity index is 1.68. The van der Waals surface area contributed by atoms with E-state index in [0.29, 0.717) is 5.75 Å². The Kier molecular flexibility index (Phi) is 5.60. The molecule has 0 unspecified atom stereocenters. The van der Waals surface area contributed by atoms with Crippen LogP contribution in [0.2, 0.25) is 0 Å². The molecule has 3 nitrogen and oxygen atoms in total. The van der Waals surface area contributed by atoms with Crippen molar-refractivity contribution in [3.05, 3.63) is 102 Å². The zero-order valence-electron chi connectivity index (χ0n) is 14.1. The normalized spacial score (nSPS) is 10.6. The maximum atomic E-state index is 12.1. The maximum Gasteiger partial charge on any atom is 0.337 e. The Morgan fingerprint density at radius 1 is 0.800 bits per heavy atom. The zero-order valence-corrected chi connectivity index (χ0v) is 14.1. The summed E-state index contributed by atoms with van der Waals surface area (Å²) < 4.78 is 11.2. The van der Waals surface area contributed by atoms with Crippen molar-refractivity contribution in [1.29, 1.82) is 0 Å². The Labute approximate surface area is 147 Å². The topological polar surface area (TPSA) is 35.5 Å². The molecule has 0 amide bonds. The Hall–Kier alpha value is -2.91. The second-order valence-electron chi connectivity index (χ2n) is 5.80. The van der Waals surface area contributed by atoms with Gasteiger partial charge in [-0.1, -0.05) is 78.4 Å². The Bertz CT molecular complexity index is 756. The van der Waals surface area contributed by atoms with Crippen molar-refractivity contribution in [2.24, 2.45) is 0 Å². The van der Waals surface area contributed by atoms with Crippen LogP contribution >= 0.6 is 0 Å². The van der Waals surface area contributed by atoms with Gasteiger partial charge in [-0.3, -0.25) is 0 Å². The van der Waals surface area contributed by atoms with Gasteiger partial charge in [-0.2, -0.15) is 0 Å². The first-order valence-electron chi connectivity index (χ1n) is 8.21. The summed E-state index contributed by atoms with van der Waals surface area (Å²) in [6.45, 7) is 1.86. The van der Waals surface area contributed by atoms with Crippen LogP contribution in [0.4, 0.5) is 0 Å². The monoisotopic (exact) mass is 332 g/mol. The van der Waals surface area contributed by atoms with E-state index in [-0.39, 0.29) is 12.7 Å².